The topological polar surface area (TPSA) is 90.7 Å². The third-order valence-corrected chi connectivity index (χ3v) is 2.55. The molecule has 0 saturated heterocycles. The summed E-state index contributed by atoms with van der Waals surface area (Å²) in [5, 5.41) is 7.59. The van der Waals surface area contributed by atoms with Gasteiger partial charge in [0.1, 0.15) is 5.69 Å². The second-order valence-electron chi connectivity index (χ2n) is 2.88. The molecule has 0 spiro atoms. The zero-order chi connectivity index (χ0) is 10.8. The molecular formula is C9H8BrN5. The Hall–Kier alpha value is -1.69. The molecule has 0 bridgehead atoms. The summed E-state index contributed by atoms with van der Waals surface area (Å²) < 4.78 is 0.887. The summed E-state index contributed by atoms with van der Waals surface area (Å²) in [5.74, 6) is 0.345. The van der Waals surface area contributed by atoms with Crippen LogP contribution in [0.2, 0.25) is 0 Å². The van der Waals surface area contributed by atoms with Crippen LogP contribution in [0.4, 0.5) is 11.8 Å². The minimum absolute atomic E-state index is 0.0725. The van der Waals surface area contributed by atoms with Crippen LogP contribution < -0.4 is 11.5 Å². The monoisotopic (exact) mass is 265 g/mol. The summed E-state index contributed by atoms with van der Waals surface area (Å²) in [7, 11) is 0. The van der Waals surface area contributed by atoms with Crippen molar-refractivity contribution in [2.24, 2.45) is 0 Å². The molecule has 0 atom stereocenters. The number of nitrogens with two attached hydrogens (primary N) is 2. The normalized spacial score (nSPS) is 10.2. The second kappa shape index (κ2) is 3.82. The first kappa shape index (κ1) is 9.85. The van der Waals surface area contributed by atoms with Crippen molar-refractivity contribution in [2.45, 2.75) is 0 Å². The van der Waals surface area contributed by atoms with Crippen molar-refractivity contribution in [2.75, 3.05) is 11.5 Å². The van der Waals surface area contributed by atoms with Gasteiger partial charge in [-0.05, 0) is 6.07 Å². The van der Waals surface area contributed by atoms with Crippen LogP contribution in [0.5, 0.6) is 0 Å². The van der Waals surface area contributed by atoms with Crippen LogP contribution in [-0.2, 0) is 0 Å². The van der Waals surface area contributed by atoms with E-state index in [1.165, 1.54) is 0 Å². The first-order chi connectivity index (χ1) is 7.18. The molecule has 15 heavy (non-hydrogen) atoms. The van der Waals surface area contributed by atoms with Crippen molar-refractivity contribution < 1.29 is 0 Å². The summed E-state index contributed by atoms with van der Waals surface area (Å²) in [6, 6.07) is 7.56. The summed E-state index contributed by atoms with van der Waals surface area (Å²) in [6.07, 6.45) is 0. The number of rotatable bonds is 1. The van der Waals surface area contributed by atoms with Gasteiger partial charge < -0.3 is 11.5 Å². The van der Waals surface area contributed by atoms with E-state index in [-0.39, 0.29) is 11.8 Å². The van der Waals surface area contributed by atoms with Gasteiger partial charge in [0.25, 0.3) is 0 Å². The second-order valence-corrected chi connectivity index (χ2v) is 3.74. The Morgan fingerprint density at radius 3 is 2.47 bits per heavy atom. The molecule has 4 N–H and O–H groups in total. The van der Waals surface area contributed by atoms with Gasteiger partial charge in [-0.2, -0.15) is 4.98 Å². The third-order valence-electron chi connectivity index (χ3n) is 1.86. The van der Waals surface area contributed by atoms with Crippen molar-refractivity contribution in [3.63, 3.8) is 0 Å². The van der Waals surface area contributed by atoms with Gasteiger partial charge in [0, 0.05) is 10.0 Å². The van der Waals surface area contributed by atoms with Gasteiger partial charge >= 0.3 is 0 Å². The molecule has 0 saturated carbocycles. The molecule has 1 aromatic heterocycles. The van der Waals surface area contributed by atoms with Gasteiger partial charge in [-0.15, -0.1) is 10.2 Å². The van der Waals surface area contributed by atoms with Crippen LogP contribution in [0.25, 0.3) is 11.3 Å². The van der Waals surface area contributed by atoms with Crippen molar-refractivity contribution in [3.8, 4) is 11.3 Å². The van der Waals surface area contributed by atoms with Crippen LogP contribution in [0.15, 0.2) is 28.7 Å². The number of anilines is 2. The minimum Gasteiger partial charge on any atom is -0.382 e. The number of hydrogen-bond donors (Lipinski definition) is 2. The zero-order valence-corrected chi connectivity index (χ0v) is 9.27. The van der Waals surface area contributed by atoms with Gasteiger partial charge in [0.15, 0.2) is 5.82 Å². The van der Waals surface area contributed by atoms with Crippen LogP contribution in [0.3, 0.4) is 0 Å². The summed E-state index contributed by atoms with van der Waals surface area (Å²) in [5.41, 5.74) is 12.4. The van der Waals surface area contributed by atoms with Crippen molar-refractivity contribution >= 4 is 27.7 Å². The van der Waals surface area contributed by atoms with E-state index in [0.29, 0.717) is 5.69 Å². The Morgan fingerprint density at radius 2 is 1.80 bits per heavy atom. The summed E-state index contributed by atoms with van der Waals surface area (Å²) >= 11 is 3.40. The van der Waals surface area contributed by atoms with E-state index < -0.39 is 0 Å². The average Bonchev–Trinajstić information content (AvgIpc) is 2.20. The molecule has 0 radical (unpaired) electrons. The molecule has 0 aliphatic rings. The van der Waals surface area contributed by atoms with Gasteiger partial charge in [0.2, 0.25) is 5.95 Å². The molecule has 5 nitrogen and oxygen atoms in total. The fraction of sp³-hybridized carbons (Fsp3) is 0. The molecule has 2 rings (SSSR count). The standard InChI is InChI=1S/C9H8BrN5/c10-6-4-2-1-3-5(6)7-8(11)13-9(12)15-14-7/h1-4H,(H4,11,12,13,15). The van der Waals surface area contributed by atoms with Crippen LogP contribution in [0, 0.1) is 0 Å². The van der Waals surface area contributed by atoms with E-state index in [9.17, 15) is 0 Å². The summed E-state index contributed by atoms with van der Waals surface area (Å²) in [4.78, 5) is 3.85. The molecule has 6 heteroatoms. The van der Waals surface area contributed by atoms with Gasteiger partial charge in [-0.1, -0.05) is 34.1 Å². The Kier molecular flexibility index (Phi) is 2.51. The van der Waals surface area contributed by atoms with E-state index in [1.807, 2.05) is 24.3 Å². The van der Waals surface area contributed by atoms with Crippen molar-refractivity contribution in [3.05, 3.63) is 28.7 Å². The number of aromatic nitrogens is 3. The van der Waals surface area contributed by atoms with Crippen molar-refractivity contribution in [1.82, 2.24) is 15.2 Å². The molecule has 76 valence electrons. The first-order valence-corrected chi connectivity index (χ1v) is 4.98. The van der Waals surface area contributed by atoms with Crippen LogP contribution in [-0.4, -0.2) is 15.2 Å². The highest BCUT2D eigenvalue weighted by Crippen LogP contribution is 2.28. The molecule has 1 aromatic carbocycles. The maximum atomic E-state index is 5.71. The maximum Gasteiger partial charge on any atom is 0.242 e. The fourth-order valence-electron chi connectivity index (χ4n) is 1.20. The SMILES string of the molecule is Nc1nnc(-c2ccccc2Br)c(N)n1. The highest BCUT2D eigenvalue weighted by molar-refractivity contribution is 9.10. The Morgan fingerprint density at radius 1 is 1.07 bits per heavy atom. The molecule has 0 aliphatic carbocycles. The molecule has 0 amide bonds. The lowest BCUT2D eigenvalue weighted by molar-refractivity contribution is 0.999. The van der Waals surface area contributed by atoms with Gasteiger partial charge in [-0.25, -0.2) is 0 Å². The van der Waals surface area contributed by atoms with E-state index >= 15 is 0 Å². The van der Waals surface area contributed by atoms with Crippen LogP contribution >= 0.6 is 15.9 Å². The number of benzene rings is 1. The summed E-state index contributed by atoms with van der Waals surface area (Å²) in [6.45, 7) is 0. The Bertz CT molecular complexity index is 500. The molecule has 0 unspecified atom stereocenters. The number of halogens is 1. The smallest absolute Gasteiger partial charge is 0.242 e. The van der Waals surface area contributed by atoms with Crippen molar-refractivity contribution in [1.29, 1.82) is 0 Å². The van der Waals surface area contributed by atoms with Crippen LogP contribution in [0.1, 0.15) is 0 Å². The molecule has 2 aromatic rings. The first-order valence-electron chi connectivity index (χ1n) is 4.19. The largest absolute Gasteiger partial charge is 0.382 e. The van der Waals surface area contributed by atoms with E-state index in [0.717, 1.165) is 10.0 Å². The lowest BCUT2D eigenvalue weighted by Gasteiger charge is -2.04. The fourth-order valence-corrected chi connectivity index (χ4v) is 1.67. The minimum atomic E-state index is 0.0725. The molecule has 1 heterocycles. The lowest BCUT2D eigenvalue weighted by atomic mass is 10.1. The van der Waals surface area contributed by atoms with Gasteiger partial charge in [0.05, 0.1) is 0 Å². The van der Waals surface area contributed by atoms with E-state index in [1.54, 1.807) is 0 Å². The Balaban J connectivity index is 2.60. The average molecular weight is 266 g/mol. The highest BCUT2D eigenvalue weighted by Gasteiger charge is 2.09. The predicted molar refractivity (Wildman–Crippen MR) is 61.8 cm³/mol. The number of nitrogens with zero attached hydrogens (tertiary/aromatic N) is 3. The van der Waals surface area contributed by atoms with E-state index in [4.69, 9.17) is 11.5 Å². The molecule has 0 aliphatic heterocycles. The van der Waals surface area contributed by atoms with Gasteiger partial charge in [-0.3, -0.25) is 0 Å². The zero-order valence-electron chi connectivity index (χ0n) is 7.68. The predicted octanol–water partition coefficient (Wildman–Crippen LogP) is 1.47. The molecular weight excluding hydrogens is 258 g/mol. The number of nitrogen functional groups attached to an aromatic ring is 2. The van der Waals surface area contributed by atoms with E-state index in [2.05, 4.69) is 31.1 Å². The highest BCUT2D eigenvalue weighted by atomic mass is 79.9. The Labute approximate surface area is 94.7 Å². The number of hydrogen-bond acceptors (Lipinski definition) is 5. The maximum absolute atomic E-state index is 5.71. The lowest BCUT2D eigenvalue weighted by Crippen LogP contribution is -2.04. The molecule has 0 fully saturated rings. The third kappa shape index (κ3) is 1.89. The quantitative estimate of drug-likeness (QED) is 0.815.